The van der Waals surface area contributed by atoms with Crippen molar-refractivity contribution < 1.29 is 0 Å². The molecule has 2 aromatic carbocycles. The predicted octanol–water partition coefficient (Wildman–Crippen LogP) is 4.79. The Morgan fingerprint density at radius 1 is 0.895 bits per heavy atom. The van der Waals surface area contributed by atoms with Crippen LogP contribution >= 0.6 is 35.0 Å². The second kappa shape index (κ2) is 7.20. The van der Waals surface area contributed by atoms with Gasteiger partial charge < -0.3 is 5.73 Å². The van der Waals surface area contributed by atoms with Crippen LogP contribution in [-0.2, 0) is 12.2 Å². The van der Waals surface area contributed by atoms with Crippen LogP contribution in [0.15, 0.2) is 47.4 Å². The van der Waals surface area contributed by atoms with Gasteiger partial charge in [-0.3, -0.25) is 0 Å². The van der Waals surface area contributed by atoms with Crippen molar-refractivity contribution in [2.75, 3.05) is 6.54 Å². The highest BCUT2D eigenvalue weighted by Gasteiger charge is 2.08. The molecule has 0 heterocycles. The first-order valence-corrected chi connectivity index (χ1v) is 7.80. The zero-order valence-electron chi connectivity index (χ0n) is 10.4. The van der Waals surface area contributed by atoms with Gasteiger partial charge in [-0.2, -0.15) is 0 Å². The Hall–Kier alpha value is -0.670. The summed E-state index contributed by atoms with van der Waals surface area (Å²) in [5.74, 6) is 0.807. The predicted molar refractivity (Wildman–Crippen MR) is 85.2 cm³/mol. The third kappa shape index (κ3) is 3.90. The lowest BCUT2D eigenvalue weighted by Gasteiger charge is -2.11. The minimum Gasteiger partial charge on any atom is -0.330 e. The van der Waals surface area contributed by atoms with Crippen LogP contribution in [0.2, 0.25) is 10.0 Å². The van der Waals surface area contributed by atoms with Crippen LogP contribution in [0, 0.1) is 0 Å². The molecule has 0 spiro atoms. The zero-order chi connectivity index (χ0) is 13.7. The molecule has 0 radical (unpaired) electrons. The molecule has 100 valence electrons. The van der Waals surface area contributed by atoms with E-state index in [9.17, 15) is 0 Å². The van der Waals surface area contributed by atoms with Gasteiger partial charge in [-0.05, 0) is 36.2 Å². The first kappa shape index (κ1) is 14.7. The van der Waals surface area contributed by atoms with Crippen LogP contribution < -0.4 is 5.73 Å². The van der Waals surface area contributed by atoms with Crippen LogP contribution in [0.25, 0.3) is 0 Å². The smallest absolute Gasteiger partial charge is 0.0544 e. The number of nitrogens with two attached hydrogens (primary N) is 1. The van der Waals surface area contributed by atoms with E-state index in [2.05, 4.69) is 6.07 Å². The van der Waals surface area contributed by atoms with E-state index in [-0.39, 0.29) is 0 Å². The van der Waals surface area contributed by atoms with Crippen LogP contribution in [0.1, 0.15) is 11.1 Å². The second-order valence-electron chi connectivity index (χ2n) is 4.15. The summed E-state index contributed by atoms with van der Waals surface area (Å²) in [6.45, 7) is 0.625. The standard InChI is InChI=1S/C15H15Cl2NS/c16-13-6-2-1-4-12(13)10-19-15-11(8-9-18)5-3-7-14(15)17/h1-7H,8-10,18H2. The van der Waals surface area contributed by atoms with Gasteiger partial charge in [-0.25, -0.2) is 0 Å². The van der Waals surface area contributed by atoms with E-state index < -0.39 is 0 Å². The molecular weight excluding hydrogens is 297 g/mol. The Bertz CT molecular complexity index is 558. The molecule has 0 saturated carbocycles. The summed E-state index contributed by atoms with van der Waals surface area (Å²) in [6, 6.07) is 13.8. The van der Waals surface area contributed by atoms with Crippen LogP contribution in [0.4, 0.5) is 0 Å². The zero-order valence-corrected chi connectivity index (χ0v) is 12.7. The number of benzene rings is 2. The highest BCUT2D eigenvalue weighted by molar-refractivity contribution is 7.98. The first-order valence-electron chi connectivity index (χ1n) is 6.06. The molecule has 2 aromatic rings. The summed E-state index contributed by atoms with van der Waals surface area (Å²) in [5, 5.41) is 1.57. The molecule has 0 fully saturated rings. The maximum Gasteiger partial charge on any atom is 0.0544 e. The van der Waals surface area contributed by atoms with Crippen molar-refractivity contribution in [2.24, 2.45) is 5.73 Å². The minimum absolute atomic E-state index is 0.625. The van der Waals surface area contributed by atoms with Gasteiger partial charge in [0.1, 0.15) is 0 Å². The number of thioether (sulfide) groups is 1. The molecule has 2 N–H and O–H groups in total. The molecule has 0 bridgehead atoms. The Kier molecular flexibility index (Phi) is 5.59. The fourth-order valence-electron chi connectivity index (χ4n) is 1.83. The largest absolute Gasteiger partial charge is 0.330 e. The molecule has 0 saturated heterocycles. The molecule has 0 aromatic heterocycles. The highest BCUT2D eigenvalue weighted by atomic mass is 35.5. The van der Waals surface area contributed by atoms with E-state index >= 15 is 0 Å². The Labute approximate surface area is 128 Å². The summed E-state index contributed by atoms with van der Waals surface area (Å²) in [6.07, 6.45) is 0.839. The molecule has 0 aliphatic rings. The third-order valence-corrected chi connectivity index (χ3v) is 4.81. The van der Waals surface area contributed by atoms with Gasteiger partial charge in [0, 0.05) is 15.7 Å². The van der Waals surface area contributed by atoms with E-state index in [1.807, 2.05) is 36.4 Å². The topological polar surface area (TPSA) is 26.0 Å². The molecular formula is C15H15Cl2NS. The normalized spacial score (nSPS) is 10.7. The molecule has 0 aliphatic heterocycles. The summed E-state index contributed by atoms with van der Waals surface area (Å²) in [7, 11) is 0. The minimum atomic E-state index is 0.625. The Morgan fingerprint density at radius 2 is 1.58 bits per heavy atom. The lowest BCUT2D eigenvalue weighted by molar-refractivity contribution is 0.944. The van der Waals surface area contributed by atoms with E-state index in [1.165, 1.54) is 5.56 Å². The van der Waals surface area contributed by atoms with Gasteiger partial charge in [0.05, 0.1) is 5.02 Å². The summed E-state index contributed by atoms with van der Waals surface area (Å²) in [4.78, 5) is 1.11. The molecule has 0 aliphatic carbocycles. The van der Waals surface area contributed by atoms with E-state index in [4.69, 9.17) is 28.9 Å². The number of rotatable bonds is 5. The van der Waals surface area contributed by atoms with Gasteiger partial charge in [-0.1, -0.05) is 53.5 Å². The number of hydrogen-bond donors (Lipinski definition) is 1. The van der Waals surface area contributed by atoms with Gasteiger partial charge >= 0.3 is 0 Å². The third-order valence-electron chi connectivity index (χ3n) is 2.79. The molecule has 19 heavy (non-hydrogen) atoms. The summed E-state index contributed by atoms with van der Waals surface area (Å²) < 4.78 is 0. The van der Waals surface area contributed by atoms with Crippen molar-refractivity contribution in [1.29, 1.82) is 0 Å². The van der Waals surface area contributed by atoms with Crippen LogP contribution in [0.3, 0.4) is 0 Å². The van der Waals surface area contributed by atoms with Crippen molar-refractivity contribution >= 4 is 35.0 Å². The quantitative estimate of drug-likeness (QED) is 0.804. The lowest BCUT2D eigenvalue weighted by Crippen LogP contribution is -2.03. The SMILES string of the molecule is NCCc1cccc(Cl)c1SCc1ccccc1Cl. The molecule has 0 atom stereocenters. The van der Waals surface area contributed by atoms with Gasteiger partial charge in [0.15, 0.2) is 0 Å². The number of hydrogen-bond acceptors (Lipinski definition) is 2. The molecule has 1 nitrogen and oxygen atoms in total. The van der Waals surface area contributed by atoms with Crippen LogP contribution in [0.5, 0.6) is 0 Å². The number of halogens is 2. The Balaban J connectivity index is 2.17. The maximum atomic E-state index is 6.28. The fraction of sp³-hybridized carbons (Fsp3) is 0.200. The van der Waals surface area contributed by atoms with Gasteiger partial charge in [-0.15, -0.1) is 11.8 Å². The van der Waals surface area contributed by atoms with Crippen molar-refractivity contribution in [3.63, 3.8) is 0 Å². The van der Waals surface area contributed by atoms with Crippen molar-refractivity contribution in [2.45, 2.75) is 17.1 Å². The highest BCUT2D eigenvalue weighted by Crippen LogP contribution is 2.34. The summed E-state index contributed by atoms with van der Waals surface area (Å²) in [5.41, 5.74) is 7.96. The molecule has 0 unspecified atom stereocenters. The van der Waals surface area contributed by atoms with Gasteiger partial charge in [0.2, 0.25) is 0 Å². The van der Waals surface area contributed by atoms with Crippen molar-refractivity contribution in [3.05, 3.63) is 63.6 Å². The monoisotopic (exact) mass is 311 g/mol. The maximum absolute atomic E-state index is 6.28. The Morgan fingerprint density at radius 3 is 2.32 bits per heavy atom. The average Bonchev–Trinajstić information content (AvgIpc) is 2.40. The molecule has 2 rings (SSSR count). The van der Waals surface area contributed by atoms with Crippen LogP contribution in [-0.4, -0.2) is 6.54 Å². The van der Waals surface area contributed by atoms with Crippen molar-refractivity contribution in [3.8, 4) is 0 Å². The van der Waals surface area contributed by atoms with E-state index in [1.54, 1.807) is 11.8 Å². The van der Waals surface area contributed by atoms with E-state index in [0.29, 0.717) is 6.54 Å². The fourth-order valence-corrected chi connectivity index (χ4v) is 3.59. The van der Waals surface area contributed by atoms with E-state index in [0.717, 1.165) is 32.7 Å². The molecule has 0 amide bonds. The average molecular weight is 312 g/mol. The lowest BCUT2D eigenvalue weighted by atomic mass is 10.1. The first-order chi connectivity index (χ1) is 9.22. The van der Waals surface area contributed by atoms with Crippen molar-refractivity contribution in [1.82, 2.24) is 0 Å². The molecule has 4 heteroatoms. The van der Waals surface area contributed by atoms with Gasteiger partial charge in [0.25, 0.3) is 0 Å². The second-order valence-corrected chi connectivity index (χ2v) is 5.95. The summed E-state index contributed by atoms with van der Waals surface area (Å²) >= 11 is 14.2.